The highest BCUT2D eigenvalue weighted by Gasteiger charge is 2.46. The van der Waals surface area contributed by atoms with Crippen LogP contribution in [0.4, 0.5) is 0 Å². The Labute approximate surface area is 146 Å². The first kappa shape index (κ1) is 15.9. The molecule has 1 aromatic carbocycles. The van der Waals surface area contributed by atoms with Crippen molar-refractivity contribution in [2.75, 3.05) is 6.54 Å². The molecule has 4 rings (SSSR count). The van der Waals surface area contributed by atoms with Gasteiger partial charge in [0.05, 0.1) is 0 Å². The lowest BCUT2D eigenvalue weighted by Gasteiger charge is -2.15. The third kappa shape index (κ3) is 2.68. The van der Waals surface area contributed by atoms with E-state index < -0.39 is 10.0 Å². The molecule has 0 radical (unpaired) electrons. The number of benzene rings is 1. The van der Waals surface area contributed by atoms with Gasteiger partial charge in [-0.2, -0.15) is 0 Å². The monoisotopic (exact) mass is 360 g/mol. The lowest BCUT2D eigenvalue weighted by molar-refractivity contribution is 0.569. The molecule has 2 aromatic heterocycles. The summed E-state index contributed by atoms with van der Waals surface area (Å²) in [5.74, 6) is 0. The van der Waals surface area contributed by atoms with E-state index in [1.807, 2.05) is 31.3 Å². The number of hydrogen-bond acceptors (Lipinski definition) is 3. The largest absolute Gasteiger partial charge is 0.361 e. The summed E-state index contributed by atoms with van der Waals surface area (Å²) in [6, 6.07) is 11.8. The smallest absolute Gasteiger partial charge is 0.250 e. The van der Waals surface area contributed by atoms with E-state index in [4.69, 9.17) is 0 Å². The Morgan fingerprint density at radius 1 is 1.21 bits per heavy atom. The van der Waals surface area contributed by atoms with Gasteiger partial charge < -0.3 is 4.98 Å². The van der Waals surface area contributed by atoms with Crippen molar-refractivity contribution in [1.29, 1.82) is 0 Å². The Bertz CT molecular complexity index is 981. The first-order valence-electron chi connectivity index (χ1n) is 8.19. The van der Waals surface area contributed by atoms with Crippen LogP contribution in [0.5, 0.6) is 0 Å². The highest BCUT2D eigenvalue weighted by molar-refractivity contribution is 7.91. The predicted molar refractivity (Wildman–Crippen MR) is 98.1 cm³/mol. The Kier molecular flexibility index (Phi) is 3.78. The molecular weight excluding hydrogens is 340 g/mol. The van der Waals surface area contributed by atoms with Crippen molar-refractivity contribution in [3.8, 4) is 0 Å². The number of sulfonamides is 1. The lowest BCUT2D eigenvalue weighted by atomic mass is 9.96. The van der Waals surface area contributed by atoms with Crippen LogP contribution in [0, 0.1) is 0 Å². The van der Waals surface area contributed by atoms with Crippen molar-refractivity contribution in [1.82, 2.24) is 9.71 Å². The Hall–Kier alpha value is -1.63. The number of nitrogens with one attached hydrogen (secondary N) is 2. The number of H-pyrrole nitrogens is 1. The van der Waals surface area contributed by atoms with Crippen LogP contribution in [0.25, 0.3) is 10.9 Å². The number of aryl methyl sites for hydroxylation is 1. The topological polar surface area (TPSA) is 62.0 Å². The molecule has 2 heterocycles. The summed E-state index contributed by atoms with van der Waals surface area (Å²) in [6.07, 6.45) is 4.93. The SMILES string of the molecule is CCc1ccc(S(=O)(=O)NCC2(c3c[nH]c4ccccc34)CC2)s1. The third-order valence-electron chi connectivity index (χ3n) is 4.87. The van der Waals surface area contributed by atoms with Crippen LogP contribution in [0.15, 0.2) is 46.8 Å². The maximum Gasteiger partial charge on any atom is 0.250 e. The third-order valence-corrected chi connectivity index (χ3v) is 7.99. The molecule has 1 aliphatic rings. The molecule has 24 heavy (non-hydrogen) atoms. The van der Waals surface area contributed by atoms with Gasteiger partial charge in [-0.3, -0.25) is 0 Å². The molecule has 2 N–H and O–H groups in total. The zero-order chi connectivity index (χ0) is 16.8. The van der Waals surface area contributed by atoms with Crippen LogP contribution < -0.4 is 4.72 Å². The van der Waals surface area contributed by atoms with E-state index in [0.717, 1.165) is 29.7 Å². The molecule has 1 saturated carbocycles. The van der Waals surface area contributed by atoms with E-state index >= 15 is 0 Å². The number of para-hydroxylation sites is 1. The van der Waals surface area contributed by atoms with Crippen LogP contribution in [0.3, 0.4) is 0 Å². The molecular formula is C18H20N2O2S2. The molecule has 3 aromatic rings. The summed E-state index contributed by atoms with van der Waals surface area (Å²) in [6.45, 7) is 2.49. The van der Waals surface area contributed by atoms with E-state index in [1.165, 1.54) is 22.3 Å². The normalized spacial score (nSPS) is 16.5. The quantitative estimate of drug-likeness (QED) is 0.702. The summed E-state index contributed by atoms with van der Waals surface area (Å²) in [5.41, 5.74) is 2.26. The predicted octanol–water partition coefficient (Wildman–Crippen LogP) is 3.80. The second-order valence-corrected chi connectivity index (χ2v) is 9.59. The number of rotatable bonds is 6. The number of aromatic nitrogens is 1. The van der Waals surface area contributed by atoms with Crippen molar-refractivity contribution >= 4 is 32.3 Å². The number of fused-ring (bicyclic) bond motifs is 1. The van der Waals surface area contributed by atoms with E-state index in [2.05, 4.69) is 21.8 Å². The molecule has 0 amide bonds. The zero-order valence-corrected chi connectivity index (χ0v) is 15.1. The van der Waals surface area contributed by atoms with E-state index in [-0.39, 0.29) is 5.41 Å². The first-order valence-corrected chi connectivity index (χ1v) is 10.5. The fourth-order valence-corrected chi connectivity index (χ4v) is 5.67. The second kappa shape index (κ2) is 5.72. The van der Waals surface area contributed by atoms with Gasteiger partial charge in [-0.15, -0.1) is 11.3 Å². The molecule has 0 unspecified atom stereocenters. The van der Waals surface area contributed by atoms with Gasteiger partial charge in [0.2, 0.25) is 10.0 Å². The maximum atomic E-state index is 12.6. The van der Waals surface area contributed by atoms with Gasteiger partial charge >= 0.3 is 0 Å². The van der Waals surface area contributed by atoms with Gasteiger partial charge in [-0.1, -0.05) is 25.1 Å². The zero-order valence-electron chi connectivity index (χ0n) is 13.5. The summed E-state index contributed by atoms with van der Waals surface area (Å²) in [4.78, 5) is 4.39. The molecule has 0 saturated heterocycles. The summed E-state index contributed by atoms with van der Waals surface area (Å²) in [7, 11) is -3.43. The van der Waals surface area contributed by atoms with Crippen molar-refractivity contribution in [2.24, 2.45) is 0 Å². The second-order valence-electron chi connectivity index (χ2n) is 6.43. The Morgan fingerprint density at radius 2 is 2.00 bits per heavy atom. The average molecular weight is 361 g/mol. The Morgan fingerprint density at radius 3 is 2.71 bits per heavy atom. The van der Waals surface area contributed by atoms with E-state index in [1.54, 1.807) is 6.07 Å². The van der Waals surface area contributed by atoms with Gasteiger partial charge in [-0.05, 0) is 43.0 Å². The average Bonchev–Trinajstić information content (AvgIpc) is 3.02. The highest BCUT2D eigenvalue weighted by atomic mass is 32.2. The van der Waals surface area contributed by atoms with Gasteiger partial charge in [0.15, 0.2) is 0 Å². The van der Waals surface area contributed by atoms with Crippen LogP contribution >= 0.6 is 11.3 Å². The van der Waals surface area contributed by atoms with Gasteiger partial charge in [0.1, 0.15) is 4.21 Å². The molecule has 126 valence electrons. The minimum atomic E-state index is -3.43. The van der Waals surface area contributed by atoms with Gasteiger partial charge in [0, 0.05) is 33.9 Å². The lowest BCUT2D eigenvalue weighted by Crippen LogP contribution is -2.31. The van der Waals surface area contributed by atoms with E-state index in [9.17, 15) is 8.42 Å². The maximum absolute atomic E-state index is 12.6. The standard InChI is InChI=1S/C18H20N2O2S2/c1-2-13-7-8-17(23-13)24(21,22)20-12-18(9-10-18)15-11-19-16-6-4-3-5-14(15)16/h3-8,11,19-20H,2,9-10,12H2,1H3. The molecule has 0 bridgehead atoms. The van der Waals surface area contributed by atoms with Crippen LogP contribution in [0.2, 0.25) is 0 Å². The fraction of sp³-hybridized carbons (Fsp3) is 0.333. The van der Waals surface area contributed by atoms with Crippen LogP contribution in [0.1, 0.15) is 30.2 Å². The van der Waals surface area contributed by atoms with Crippen LogP contribution in [-0.2, 0) is 21.9 Å². The van der Waals surface area contributed by atoms with Gasteiger partial charge in [0.25, 0.3) is 0 Å². The highest BCUT2D eigenvalue weighted by Crippen LogP contribution is 2.50. The minimum Gasteiger partial charge on any atom is -0.361 e. The number of thiophene rings is 1. The van der Waals surface area contributed by atoms with E-state index in [0.29, 0.717) is 10.8 Å². The summed E-state index contributed by atoms with van der Waals surface area (Å²) < 4.78 is 28.4. The molecule has 4 nitrogen and oxygen atoms in total. The van der Waals surface area contributed by atoms with Crippen molar-refractivity contribution < 1.29 is 8.42 Å². The first-order chi connectivity index (χ1) is 11.5. The Balaban J connectivity index is 1.57. The van der Waals surface area contributed by atoms with Crippen molar-refractivity contribution in [2.45, 2.75) is 35.8 Å². The molecule has 0 aliphatic heterocycles. The molecule has 0 atom stereocenters. The summed E-state index contributed by atoms with van der Waals surface area (Å²) >= 11 is 1.35. The summed E-state index contributed by atoms with van der Waals surface area (Å²) in [5, 5.41) is 1.19. The molecule has 1 aliphatic carbocycles. The van der Waals surface area contributed by atoms with Gasteiger partial charge in [-0.25, -0.2) is 13.1 Å². The molecule has 6 heteroatoms. The van der Waals surface area contributed by atoms with Crippen LogP contribution in [-0.4, -0.2) is 19.9 Å². The molecule has 0 spiro atoms. The fourth-order valence-electron chi connectivity index (χ4n) is 3.20. The minimum absolute atomic E-state index is 0.0719. The molecule has 1 fully saturated rings. The van der Waals surface area contributed by atoms with Crippen molar-refractivity contribution in [3.63, 3.8) is 0 Å². The van der Waals surface area contributed by atoms with Crippen molar-refractivity contribution in [3.05, 3.63) is 53.0 Å². The number of aromatic amines is 1. The number of hydrogen-bond donors (Lipinski definition) is 2.